The van der Waals surface area contributed by atoms with Gasteiger partial charge in [-0.25, -0.2) is 0 Å². The lowest BCUT2D eigenvalue weighted by molar-refractivity contribution is -0.103. The molecule has 0 saturated carbocycles. The summed E-state index contributed by atoms with van der Waals surface area (Å²) < 4.78 is 5.04. The van der Waals surface area contributed by atoms with E-state index >= 15 is 0 Å². The van der Waals surface area contributed by atoms with Crippen LogP contribution in [-0.4, -0.2) is 19.5 Å². The summed E-state index contributed by atoms with van der Waals surface area (Å²) >= 11 is 0. The molecular formula is C7H8O2. The van der Waals surface area contributed by atoms with Crippen LogP contribution in [-0.2, 0) is 9.53 Å². The summed E-state index contributed by atoms with van der Waals surface area (Å²) in [6, 6.07) is 0. The van der Waals surface area contributed by atoms with E-state index in [-0.39, 0.29) is 0 Å². The van der Waals surface area contributed by atoms with Crippen LogP contribution in [0.4, 0.5) is 0 Å². The van der Waals surface area contributed by atoms with Crippen LogP contribution >= 0.6 is 0 Å². The van der Waals surface area contributed by atoms with Crippen molar-refractivity contribution in [3.63, 3.8) is 0 Å². The first kappa shape index (κ1) is 6.31. The van der Waals surface area contributed by atoms with Crippen LogP contribution in [0.1, 0.15) is 6.42 Å². The second-order valence-corrected chi connectivity index (χ2v) is 1.97. The van der Waals surface area contributed by atoms with Crippen LogP contribution < -0.4 is 0 Å². The molecule has 0 aromatic rings. The molecule has 1 saturated heterocycles. The topological polar surface area (TPSA) is 26.3 Å². The molecule has 0 aliphatic carbocycles. The SMILES string of the molecule is O=CC#CC1CCOC1. The van der Waals surface area contributed by atoms with Crippen molar-refractivity contribution in [3.8, 4) is 11.8 Å². The van der Waals surface area contributed by atoms with Crippen molar-refractivity contribution in [2.45, 2.75) is 6.42 Å². The van der Waals surface area contributed by atoms with E-state index in [0.29, 0.717) is 18.8 Å². The Balaban J connectivity index is 2.34. The molecule has 0 aromatic carbocycles. The molecule has 1 fully saturated rings. The Morgan fingerprint density at radius 2 is 2.56 bits per heavy atom. The molecule has 1 heterocycles. The van der Waals surface area contributed by atoms with Crippen molar-refractivity contribution in [1.82, 2.24) is 0 Å². The Morgan fingerprint density at radius 3 is 3.11 bits per heavy atom. The van der Waals surface area contributed by atoms with Gasteiger partial charge in [0.1, 0.15) is 0 Å². The van der Waals surface area contributed by atoms with Gasteiger partial charge in [-0.1, -0.05) is 5.92 Å². The first-order valence-corrected chi connectivity index (χ1v) is 2.96. The van der Waals surface area contributed by atoms with Crippen molar-refractivity contribution in [2.24, 2.45) is 5.92 Å². The quantitative estimate of drug-likeness (QED) is 0.341. The first-order chi connectivity index (χ1) is 4.43. The zero-order valence-electron chi connectivity index (χ0n) is 5.09. The van der Waals surface area contributed by atoms with E-state index in [9.17, 15) is 4.79 Å². The minimum Gasteiger partial charge on any atom is -0.380 e. The van der Waals surface area contributed by atoms with Gasteiger partial charge < -0.3 is 4.74 Å². The number of hydrogen-bond acceptors (Lipinski definition) is 2. The van der Waals surface area contributed by atoms with Gasteiger partial charge in [-0.3, -0.25) is 4.79 Å². The molecule has 0 bridgehead atoms. The van der Waals surface area contributed by atoms with Crippen LogP contribution in [0, 0.1) is 17.8 Å². The molecule has 9 heavy (non-hydrogen) atoms. The fraction of sp³-hybridized carbons (Fsp3) is 0.571. The van der Waals surface area contributed by atoms with Crippen LogP contribution in [0.5, 0.6) is 0 Å². The highest BCUT2D eigenvalue weighted by Gasteiger charge is 2.11. The number of carbonyl (C=O) groups excluding carboxylic acids is 1. The largest absolute Gasteiger partial charge is 0.380 e. The molecular weight excluding hydrogens is 116 g/mol. The van der Waals surface area contributed by atoms with Gasteiger partial charge in [0.2, 0.25) is 0 Å². The molecule has 1 atom stereocenters. The van der Waals surface area contributed by atoms with E-state index in [1.54, 1.807) is 0 Å². The zero-order valence-corrected chi connectivity index (χ0v) is 5.09. The standard InChI is InChI=1S/C7H8O2/c8-4-1-2-7-3-5-9-6-7/h4,7H,3,5-6H2. The third-order valence-corrected chi connectivity index (χ3v) is 1.28. The van der Waals surface area contributed by atoms with E-state index in [2.05, 4.69) is 11.8 Å². The molecule has 48 valence electrons. The smallest absolute Gasteiger partial charge is 0.192 e. The summed E-state index contributed by atoms with van der Waals surface area (Å²) in [5.74, 6) is 5.47. The van der Waals surface area contributed by atoms with Gasteiger partial charge >= 0.3 is 0 Å². The summed E-state index contributed by atoms with van der Waals surface area (Å²) in [4.78, 5) is 9.75. The highest BCUT2D eigenvalue weighted by atomic mass is 16.5. The highest BCUT2D eigenvalue weighted by Crippen LogP contribution is 2.09. The van der Waals surface area contributed by atoms with E-state index in [1.165, 1.54) is 0 Å². The minimum atomic E-state index is 0.301. The fourth-order valence-corrected chi connectivity index (χ4v) is 0.800. The molecule has 0 radical (unpaired) electrons. The molecule has 0 spiro atoms. The van der Waals surface area contributed by atoms with Gasteiger partial charge in [0.05, 0.1) is 6.61 Å². The normalized spacial score (nSPS) is 24.7. The Morgan fingerprint density at radius 1 is 1.67 bits per heavy atom. The van der Waals surface area contributed by atoms with E-state index in [0.717, 1.165) is 13.0 Å². The van der Waals surface area contributed by atoms with Crippen LogP contribution in [0.15, 0.2) is 0 Å². The Kier molecular flexibility index (Phi) is 2.29. The maximum absolute atomic E-state index is 9.75. The average molecular weight is 124 g/mol. The van der Waals surface area contributed by atoms with Gasteiger partial charge in [0, 0.05) is 12.5 Å². The maximum atomic E-state index is 9.75. The van der Waals surface area contributed by atoms with Crippen molar-refractivity contribution in [3.05, 3.63) is 0 Å². The summed E-state index contributed by atoms with van der Waals surface area (Å²) in [5.41, 5.74) is 0. The van der Waals surface area contributed by atoms with Crippen LogP contribution in [0.2, 0.25) is 0 Å². The van der Waals surface area contributed by atoms with E-state index < -0.39 is 0 Å². The van der Waals surface area contributed by atoms with Crippen molar-refractivity contribution >= 4 is 6.29 Å². The van der Waals surface area contributed by atoms with Crippen molar-refractivity contribution in [2.75, 3.05) is 13.2 Å². The third kappa shape index (κ3) is 1.87. The predicted molar refractivity (Wildman–Crippen MR) is 32.8 cm³/mol. The number of ether oxygens (including phenoxy) is 1. The molecule has 0 amide bonds. The lowest BCUT2D eigenvalue weighted by Gasteiger charge is -1.90. The number of carbonyl (C=O) groups is 1. The minimum absolute atomic E-state index is 0.301. The molecule has 1 aliphatic rings. The maximum Gasteiger partial charge on any atom is 0.192 e. The predicted octanol–water partition coefficient (Wildman–Crippen LogP) is 0.225. The summed E-state index contributed by atoms with van der Waals surface area (Å²) in [7, 11) is 0. The molecule has 1 rings (SSSR count). The molecule has 0 N–H and O–H groups in total. The molecule has 1 unspecified atom stereocenters. The average Bonchev–Trinajstić information content (AvgIpc) is 2.34. The van der Waals surface area contributed by atoms with Gasteiger partial charge in [-0.05, 0) is 12.3 Å². The lowest BCUT2D eigenvalue weighted by atomic mass is 10.1. The van der Waals surface area contributed by atoms with Crippen LogP contribution in [0.3, 0.4) is 0 Å². The van der Waals surface area contributed by atoms with Crippen molar-refractivity contribution in [1.29, 1.82) is 0 Å². The van der Waals surface area contributed by atoms with Gasteiger partial charge in [-0.15, -0.1) is 0 Å². The van der Waals surface area contributed by atoms with E-state index in [4.69, 9.17) is 4.74 Å². The van der Waals surface area contributed by atoms with Gasteiger partial charge in [0.25, 0.3) is 0 Å². The summed E-state index contributed by atoms with van der Waals surface area (Å²) in [6.45, 7) is 1.49. The highest BCUT2D eigenvalue weighted by molar-refractivity contribution is 5.72. The fourth-order valence-electron chi connectivity index (χ4n) is 0.800. The Bertz CT molecular complexity index is 146. The molecule has 2 nitrogen and oxygen atoms in total. The molecule has 2 heteroatoms. The lowest BCUT2D eigenvalue weighted by Crippen LogP contribution is -1.93. The first-order valence-electron chi connectivity index (χ1n) is 2.96. The number of rotatable bonds is 0. The second-order valence-electron chi connectivity index (χ2n) is 1.97. The molecule has 1 aliphatic heterocycles. The number of aldehydes is 1. The zero-order chi connectivity index (χ0) is 6.53. The molecule has 0 aromatic heterocycles. The Labute approximate surface area is 54.2 Å². The number of hydrogen-bond donors (Lipinski definition) is 0. The summed E-state index contributed by atoms with van der Waals surface area (Å²) in [6.07, 6.45) is 1.60. The van der Waals surface area contributed by atoms with Gasteiger partial charge in [0.15, 0.2) is 6.29 Å². The summed E-state index contributed by atoms with van der Waals surface area (Å²) in [5, 5.41) is 0. The monoisotopic (exact) mass is 124 g/mol. The van der Waals surface area contributed by atoms with E-state index in [1.807, 2.05) is 0 Å². The van der Waals surface area contributed by atoms with Gasteiger partial charge in [-0.2, -0.15) is 0 Å². The Hall–Kier alpha value is -0.810. The van der Waals surface area contributed by atoms with Crippen LogP contribution in [0.25, 0.3) is 0 Å². The second kappa shape index (κ2) is 3.26. The van der Waals surface area contributed by atoms with Crippen molar-refractivity contribution < 1.29 is 9.53 Å². The third-order valence-electron chi connectivity index (χ3n) is 1.28.